The predicted octanol–water partition coefficient (Wildman–Crippen LogP) is 13.0. The molecule has 2 aliphatic heterocycles. The average molecular weight is 922 g/mol. The minimum Gasteiger partial charge on any atom is -0.0561 e. The third kappa shape index (κ3) is 7.84. The molecular weight excluding hydrogens is 869 g/mol. The van der Waals surface area contributed by atoms with Gasteiger partial charge in [-0.25, -0.2) is 0 Å². The maximum atomic E-state index is 7.00. The number of benzene rings is 2. The van der Waals surface area contributed by atoms with E-state index in [9.17, 15) is 0 Å². The molecule has 3 aromatic heterocycles. The van der Waals surface area contributed by atoms with Gasteiger partial charge in [0.1, 0.15) is 0 Å². The van der Waals surface area contributed by atoms with E-state index < -0.39 is 23.3 Å². The number of halogens is 1. The van der Waals surface area contributed by atoms with E-state index in [1.165, 1.54) is 25.3 Å². The Morgan fingerprint density at radius 1 is 0.481 bits per heavy atom. The zero-order valence-corrected chi connectivity index (χ0v) is 40.4. The van der Waals surface area contributed by atoms with Gasteiger partial charge in [-0.2, -0.15) is 0 Å². The average Bonchev–Trinajstić information content (AvgIpc) is 3.89. The molecule has 8 bridgehead atoms. The predicted molar refractivity (Wildman–Crippen MR) is 230 cm³/mol. The monoisotopic (exact) mass is 922 g/mol. The van der Waals surface area contributed by atoms with Crippen LogP contribution in [0.3, 0.4) is 0 Å². The van der Waals surface area contributed by atoms with Gasteiger partial charge in [0.15, 0.2) is 0 Å². The second-order valence-electron chi connectivity index (χ2n) is 19.2. The first-order valence-corrected chi connectivity index (χ1v) is 28.7. The van der Waals surface area contributed by atoms with Gasteiger partial charge in [-0.3, -0.25) is 0 Å². The number of hydrogen-bond acceptors (Lipinski definition) is 2. The quantitative estimate of drug-likeness (QED) is 0.174. The van der Waals surface area contributed by atoms with E-state index in [0.717, 1.165) is 67.1 Å². The molecule has 274 valence electrons. The van der Waals surface area contributed by atoms with Gasteiger partial charge in [-0.15, -0.1) is 0 Å². The fourth-order valence-corrected chi connectivity index (χ4v) is 11.8. The van der Waals surface area contributed by atoms with Crippen molar-refractivity contribution in [1.82, 2.24) is 19.9 Å². The van der Waals surface area contributed by atoms with E-state index in [1.807, 2.05) is 0 Å². The smallest absolute Gasteiger partial charge is 0.0561 e. The first kappa shape index (κ1) is 38.5. The third-order valence-corrected chi connectivity index (χ3v) is 16.5. The number of hydrogen-bond donors (Lipinski definition) is 2. The molecule has 0 atom stereocenters. The molecule has 0 saturated heterocycles. The number of aromatic nitrogens is 4. The molecule has 7 rings (SSSR count). The van der Waals surface area contributed by atoms with E-state index in [2.05, 4.69) is 184 Å². The molecule has 2 aliphatic rings. The number of H-pyrrole nitrogens is 2. The van der Waals surface area contributed by atoms with Gasteiger partial charge >= 0.3 is 298 Å². The molecule has 0 radical (unpaired) electrons. The standard InChI is InChI=1S/C48H53N4.ClH.Hg/c1-45(2,3)31-21-29(22-32(25-31)46(4,5)6)43-39-17-13-35(49-39)27-37-15-19-41(51-37)44(42-20-16-38(52-42)28-36-14-18-40(43)50-36)30-23-33(47(7,8)9)26-34(24-30)48(10,11)12;;/h13-19,21-28,50,52H,1-12H3;1H;/q;;+1/p-1. The minimum absolute atomic E-state index is 0.0158. The second kappa shape index (κ2) is 13.8. The van der Waals surface area contributed by atoms with Crippen LogP contribution in [0.2, 0.25) is 0 Å². The van der Waals surface area contributed by atoms with Gasteiger partial charge < -0.3 is 0 Å². The van der Waals surface area contributed by atoms with Gasteiger partial charge in [-0.1, -0.05) is 41.5 Å². The molecule has 2 N–H and O–H groups in total. The van der Waals surface area contributed by atoms with E-state index >= 15 is 0 Å². The van der Waals surface area contributed by atoms with Crippen LogP contribution in [0.4, 0.5) is 0 Å². The summed E-state index contributed by atoms with van der Waals surface area (Å²) in [4.78, 5) is 18.2. The van der Waals surface area contributed by atoms with Gasteiger partial charge in [0.05, 0.1) is 0 Å². The van der Waals surface area contributed by atoms with Crippen molar-refractivity contribution in [2.45, 2.75) is 105 Å². The summed E-state index contributed by atoms with van der Waals surface area (Å²) in [5.41, 5.74) is 17.4. The fourth-order valence-electron chi connectivity index (χ4n) is 7.22. The summed E-state index contributed by atoms with van der Waals surface area (Å²) >= 11 is -1.96. The Bertz CT molecular complexity index is 2450. The van der Waals surface area contributed by atoms with Crippen molar-refractivity contribution in [2.75, 3.05) is 0 Å². The molecular formula is C48H53ClHgN4. The van der Waals surface area contributed by atoms with Crippen LogP contribution >= 0.6 is 8.25 Å². The van der Waals surface area contributed by atoms with Crippen molar-refractivity contribution in [3.05, 3.63) is 112 Å². The molecule has 0 fully saturated rings. The topological polar surface area (TPSA) is 57.4 Å². The van der Waals surface area contributed by atoms with E-state index in [-0.39, 0.29) is 21.7 Å². The van der Waals surface area contributed by atoms with Crippen molar-refractivity contribution in [3.63, 3.8) is 0 Å². The Labute approximate surface area is 337 Å². The molecule has 4 nitrogen and oxygen atoms in total. The van der Waals surface area contributed by atoms with Crippen LogP contribution in [-0.4, -0.2) is 19.9 Å². The van der Waals surface area contributed by atoms with E-state index in [4.69, 9.17) is 18.2 Å². The van der Waals surface area contributed by atoms with Gasteiger partial charge in [0.2, 0.25) is 0 Å². The summed E-state index contributed by atoms with van der Waals surface area (Å²) in [7, 11) is 7.00. The molecule has 2 aromatic carbocycles. The first-order chi connectivity index (χ1) is 25.2. The Hall–Kier alpha value is -3.73. The zero-order chi connectivity index (χ0) is 39.0. The maximum absolute atomic E-state index is 7.00. The molecule has 0 unspecified atom stereocenters. The summed E-state index contributed by atoms with van der Waals surface area (Å²) < 4.78 is 1.25. The summed E-state index contributed by atoms with van der Waals surface area (Å²) in [5, 5.41) is 0. The van der Waals surface area contributed by atoms with E-state index in [1.54, 1.807) is 0 Å². The molecule has 5 heterocycles. The normalized spacial score (nSPS) is 13.4. The molecule has 0 aliphatic carbocycles. The molecule has 54 heavy (non-hydrogen) atoms. The number of fused-ring (bicyclic) bond motifs is 8. The Morgan fingerprint density at radius 3 is 1.41 bits per heavy atom. The van der Waals surface area contributed by atoms with Crippen LogP contribution in [0.5, 0.6) is 0 Å². The molecule has 0 amide bonds. The zero-order valence-electron chi connectivity index (χ0n) is 34.1. The van der Waals surface area contributed by atoms with Crippen LogP contribution < -0.4 is 3.07 Å². The number of nitrogens with zero attached hydrogens (tertiary/aromatic N) is 2. The van der Waals surface area contributed by atoms with Crippen molar-refractivity contribution >= 4 is 57.7 Å². The number of rotatable bonds is 3. The number of nitrogens with one attached hydrogen (secondary N) is 2. The van der Waals surface area contributed by atoms with Crippen LogP contribution in [0.15, 0.2) is 66.7 Å². The van der Waals surface area contributed by atoms with Crippen LogP contribution in [0.1, 0.15) is 128 Å². The summed E-state index contributed by atoms with van der Waals surface area (Å²) in [6.07, 6.45) is 8.53. The summed E-state index contributed by atoms with van der Waals surface area (Å²) in [5.74, 6) is 0. The molecule has 6 heteroatoms. The van der Waals surface area contributed by atoms with Crippen LogP contribution in [0, 0.1) is 0 Å². The van der Waals surface area contributed by atoms with Gasteiger partial charge in [-0.05, 0) is 0 Å². The second-order valence-corrected chi connectivity index (χ2v) is 25.6. The summed E-state index contributed by atoms with van der Waals surface area (Å²) in [6, 6.07) is 25.1. The first-order valence-electron chi connectivity index (χ1n) is 19.2. The Balaban J connectivity index is 1.58. The van der Waals surface area contributed by atoms with Crippen molar-refractivity contribution < 1.29 is 23.3 Å². The van der Waals surface area contributed by atoms with Gasteiger partial charge in [0, 0.05) is 0 Å². The van der Waals surface area contributed by atoms with Crippen LogP contribution in [0.25, 0.3) is 68.6 Å². The van der Waals surface area contributed by atoms with Crippen molar-refractivity contribution in [2.24, 2.45) is 0 Å². The van der Waals surface area contributed by atoms with Crippen molar-refractivity contribution in [3.8, 4) is 22.3 Å². The molecule has 0 saturated carbocycles. The fraction of sp³-hybridized carbons (Fsp3) is 0.333. The number of aromatic amines is 2. The third-order valence-electron chi connectivity index (χ3n) is 10.6. The molecule has 0 spiro atoms. The molecule has 5 aromatic rings. The Morgan fingerprint density at radius 2 is 0.944 bits per heavy atom. The Kier molecular flexibility index (Phi) is 9.83. The van der Waals surface area contributed by atoms with Crippen molar-refractivity contribution in [1.29, 1.82) is 0 Å². The summed E-state index contributed by atoms with van der Waals surface area (Å²) in [6.45, 7) is 27.5. The van der Waals surface area contributed by atoms with E-state index in [0.29, 0.717) is 0 Å². The van der Waals surface area contributed by atoms with Crippen LogP contribution in [-0.2, 0) is 45.0 Å². The van der Waals surface area contributed by atoms with Gasteiger partial charge in [0.25, 0.3) is 0 Å². The minimum atomic E-state index is -1.96. The SMILES string of the molecule is CC(C)(C)c1cc(-c2c3nc(cc4nc(c(-c5cc(C(C)(C)C)cc(C(C)(C)C)c5)c5[nH]c(c[c]5[Hg][Cl])cc5ccc2[nH]5)C=C4)C=C3)cc(C(C)(C)C)c1.